The van der Waals surface area contributed by atoms with Gasteiger partial charge in [0.1, 0.15) is 0 Å². The van der Waals surface area contributed by atoms with Gasteiger partial charge in [0, 0.05) is 10.0 Å². The highest BCUT2D eigenvalue weighted by Gasteiger charge is 2.46. The maximum absolute atomic E-state index is 6.56. The van der Waals surface area contributed by atoms with E-state index in [-0.39, 0.29) is 5.54 Å². The van der Waals surface area contributed by atoms with E-state index in [1.54, 1.807) is 0 Å². The van der Waals surface area contributed by atoms with Gasteiger partial charge in [-0.2, -0.15) is 0 Å². The average Bonchev–Trinajstić information content (AvgIpc) is 3.34. The molecule has 4 rings (SSSR count). The van der Waals surface area contributed by atoms with Gasteiger partial charge in [-0.3, -0.25) is 0 Å². The second-order valence-corrected chi connectivity index (χ2v) is 7.89. The van der Waals surface area contributed by atoms with Crippen molar-refractivity contribution in [1.29, 1.82) is 0 Å². The number of nitrogens with one attached hydrogen (secondary N) is 2. The molecule has 24 heavy (non-hydrogen) atoms. The van der Waals surface area contributed by atoms with Crippen LogP contribution in [-0.2, 0) is 18.4 Å². The van der Waals surface area contributed by atoms with Crippen molar-refractivity contribution in [3.8, 4) is 0 Å². The van der Waals surface area contributed by atoms with E-state index in [1.807, 2.05) is 24.3 Å². The van der Waals surface area contributed by atoms with Gasteiger partial charge in [0.15, 0.2) is 0 Å². The lowest BCUT2D eigenvalue weighted by atomic mass is 9.98. The molecular weight excluding hydrogens is 363 g/mol. The van der Waals surface area contributed by atoms with Crippen molar-refractivity contribution in [3.05, 3.63) is 62.1 Å². The monoisotopic (exact) mass is 380 g/mol. The molecule has 0 amide bonds. The first-order valence-corrected chi connectivity index (χ1v) is 9.47. The van der Waals surface area contributed by atoms with Gasteiger partial charge in [0.25, 0.3) is 0 Å². The first kappa shape index (κ1) is 16.5. The Balaban J connectivity index is 1.73. The zero-order valence-corrected chi connectivity index (χ0v) is 15.5. The molecule has 5 heteroatoms. The van der Waals surface area contributed by atoms with Gasteiger partial charge in [-0.25, -0.2) is 0 Å². The Bertz CT molecular complexity index is 784. The van der Waals surface area contributed by atoms with Crippen LogP contribution in [0.5, 0.6) is 0 Å². The summed E-state index contributed by atoms with van der Waals surface area (Å²) in [4.78, 5) is 0. The van der Waals surface area contributed by atoms with Crippen LogP contribution in [0.2, 0.25) is 15.1 Å². The molecule has 2 nitrogen and oxygen atoms in total. The first-order chi connectivity index (χ1) is 11.6. The lowest BCUT2D eigenvalue weighted by Crippen LogP contribution is -2.21. The van der Waals surface area contributed by atoms with Crippen LogP contribution in [0.3, 0.4) is 0 Å². The van der Waals surface area contributed by atoms with Crippen molar-refractivity contribution in [1.82, 2.24) is 5.32 Å². The quantitative estimate of drug-likeness (QED) is 0.740. The number of benzene rings is 2. The third-order valence-electron chi connectivity index (χ3n) is 5.04. The topological polar surface area (TPSA) is 24.1 Å². The molecule has 0 saturated heterocycles. The van der Waals surface area contributed by atoms with Crippen LogP contribution in [0.25, 0.3) is 0 Å². The van der Waals surface area contributed by atoms with E-state index in [0.717, 1.165) is 55.0 Å². The molecule has 1 aliphatic carbocycles. The summed E-state index contributed by atoms with van der Waals surface area (Å²) in [5, 5.41) is 9.37. The Hall–Kier alpha value is -0.930. The van der Waals surface area contributed by atoms with Crippen LogP contribution in [0, 0.1) is 0 Å². The molecule has 0 atom stereocenters. The molecule has 0 bridgehead atoms. The second kappa shape index (κ2) is 6.42. The molecule has 2 aromatic carbocycles. The van der Waals surface area contributed by atoms with Gasteiger partial charge in [-0.15, -0.1) is 0 Å². The van der Waals surface area contributed by atoms with Crippen LogP contribution in [-0.4, -0.2) is 13.1 Å². The van der Waals surface area contributed by atoms with Crippen molar-refractivity contribution < 1.29 is 0 Å². The number of hydrogen-bond donors (Lipinski definition) is 2. The molecule has 1 fully saturated rings. The SMILES string of the molecule is Clc1ccc(C2(Nc3c(Cl)ccc4c3CCNCC4)CC2)c(Cl)c1. The Kier molecular flexibility index (Phi) is 4.42. The van der Waals surface area contributed by atoms with Gasteiger partial charge < -0.3 is 10.6 Å². The summed E-state index contributed by atoms with van der Waals surface area (Å²) < 4.78 is 0. The van der Waals surface area contributed by atoms with E-state index in [1.165, 1.54) is 11.1 Å². The van der Waals surface area contributed by atoms with Gasteiger partial charge >= 0.3 is 0 Å². The molecular formula is C19H19Cl3N2. The first-order valence-electron chi connectivity index (χ1n) is 8.34. The smallest absolute Gasteiger partial charge is 0.0642 e. The van der Waals surface area contributed by atoms with E-state index in [0.29, 0.717) is 10.0 Å². The van der Waals surface area contributed by atoms with Crippen molar-refractivity contribution in [2.24, 2.45) is 0 Å². The third-order valence-corrected chi connectivity index (χ3v) is 5.91. The lowest BCUT2D eigenvalue weighted by molar-refractivity contribution is 0.710. The highest BCUT2D eigenvalue weighted by atomic mass is 35.5. The fourth-order valence-electron chi connectivity index (χ4n) is 3.58. The van der Waals surface area contributed by atoms with E-state index < -0.39 is 0 Å². The largest absolute Gasteiger partial charge is 0.374 e. The Morgan fingerprint density at radius 3 is 2.46 bits per heavy atom. The van der Waals surface area contributed by atoms with Crippen LogP contribution in [0.15, 0.2) is 30.3 Å². The average molecular weight is 382 g/mol. The maximum atomic E-state index is 6.56. The Labute approximate surface area is 157 Å². The molecule has 1 aliphatic heterocycles. The fraction of sp³-hybridized carbons (Fsp3) is 0.368. The number of fused-ring (bicyclic) bond motifs is 1. The molecule has 1 saturated carbocycles. The summed E-state index contributed by atoms with van der Waals surface area (Å²) in [7, 11) is 0. The number of hydrogen-bond acceptors (Lipinski definition) is 2. The lowest BCUT2D eigenvalue weighted by Gasteiger charge is -2.24. The Morgan fingerprint density at radius 1 is 0.917 bits per heavy atom. The second-order valence-electron chi connectivity index (χ2n) is 6.64. The summed E-state index contributed by atoms with van der Waals surface area (Å²) in [5.41, 5.74) is 4.77. The predicted octanol–water partition coefficient (Wildman–Crippen LogP) is 5.44. The molecule has 0 unspecified atom stereocenters. The summed E-state index contributed by atoms with van der Waals surface area (Å²) in [6, 6.07) is 9.92. The summed E-state index contributed by atoms with van der Waals surface area (Å²) in [6.07, 6.45) is 4.12. The van der Waals surface area contributed by atoms with Crippen molar-refractivity contribution in [3.63, 3.8) is 0 Å². The number of rotatable bonds is 3. The van der Waals surface area contributed by atoms with Crippen LogP contribution < -0.4 is 10.6 Å². The van der Waals surface area contributed by atoms with Gasteiger partial charge in [0.05, 0.1) is 16.2 Å². The molecule has 0 radical (unpaired) electrons. The standard InChI is InChI=1S/C19H19Cl3N2/c20-13-2-3-15(17(22)11-13)19(7-8-19)24-18-14-6-10-23-9-5-12(14)1-4-16(18)21/h1-4,11,23-24H,5-10H2. The zero-order valence-electron chi connectivity index (χ0n) is 13.3. The van der Waals surface area contributed by atoms with Crippen LogP contribution in [0.4, 0.5) is 5.69 Å². The highest BCUT2D eigenvalue weighted by Crippen LogP contribution is 2.52. The van der Waals surface area contributed by atoms with Crippen LogP contribution >= 0.6 is 34.8 Å². The van der Waals surface area contributed by atoms with Crippen molar-refractivity contribution in [2.75, 3.05) is 18.4 Å². The van der Waals surface area contributed by atoms with Gasteiger partial charge in [0.2, 0.25) is 0 Å². The highest BCUT2D eigenvalue weighted by molar-refractivity contribution is 6.35. The van der Waals surface area contributed by atoms with E-state index in [9.17, 15) is 0 Å². The molecule has 126 valence electrons. The molecule has 1 heterocycles. The summed E-state index contributed by atoms with van der Waals surface area (Å²) in [6.45, 7) is 2.00. The minimum Gasteiger partial charge on any atom is -0.374 e. The zero-order chi connectivity index (χ0) is 16.7. The molecule has 0 spiro atoms. The predicted molar refractivity (Wildman–Crippen MR) is 103 cm³/mol. The molecule has 2 N–H and O–H groups in total. The van der Waals surface area contributed by atoms with Crippen LogP contribution in [0.1, 0.15) is 29.5 Å². The van der Waals surface area contributed by atoms with Gasteiger partial charge in [-0.05, 0) is 73.7 Å². The van der Waals surface area contributed by atoms with Crippen molar-refractivity contribution in [2.45, 2.75) is 31.2 Å². The Morgan fingerprint density at radius 2 is 1.71 bits per heavy atom. The molecule has 2 aliphatic rings. The normalized spacial score (nSPS) is 18.6. The van der Waals surface area contributed by atoms with E-state index >= 15 is 0 Å². The maximum Gasteiger partial charge on any atom is 0.0642 e. The summed E-state index contributed by atoms with van der Waals surface area (Å²) in [5.74, 6) is 0. The minimum atomic E-state index is -0.125. The number of anilines is 1. The van der Waals surface area contributed by atoms with E-state index in [2.05, 4.69) is 16.7 Å². The fourth-order valence-corrected chi connectivity index (χ4v) is 4.40. The summed E-state index contributed by atoms with van der Waals surface area (Å²) >= 11 is 19.1. The molecule has 2 aromatic rings. The van der Waals surface area contributed by atoms with E-state index in [4.69, 9.17) is 34.8 Å². The van der Waals surface area contributed by atoms with Gasteiger partial charge in [-0.1, -0.05) is 46.9 Å². The van der Waals surface area contributed by atoms with Crippen molar-refractivity contribution >= 4 is 40.5 Å². The third kappa shape index (κ3) is 3.01. The number of halogens is 3. The molecule has 0 aromatic heterocycles. The minimum absolute atomic E-state index is 0.125.